The summed E-state index contributed by atoms with van der Waals surface area (Å²) in [5.41, 5.74) is 0.459. The molecule has 2 heterocycles. The van der Waals surface area contributed by atoms with Crippen LogP contribution in [-0.4, -0.2) is 26.6 Å². The van der Waals surface area contributed by atoms with Crippen molar-refractivity contribution < 1.29 is 13.9 Å². The minimum Gasteiger partial charge on any atom is -0.443 e. The van der Waals surface area contributed by atoms with E-state index in [0.717, 1.165) is 0 Å². The summed E-state index contributed by atoms with van der Waals surface area (Å²) >= 11 is 7.61. The molecular formula is C20H20ClFN4O2S. The minimum absolute atomic E-state index is 0.0776. The predicted octanol–water partition coefficient (Wildman–Crippen LogP) is 5.90. The zero-order chi connectivity index (χ0) is 21.2. The molecule has 2 aromatic heterocycles. The molecule has 1 aromatic carbocycles. The third kappa shape index (κ3) is 5.27. The third-order valence-electron chi connectivity index (χ3n) is 3.88. The van der Waals surface area contributed by atoms with E-state index in [9.17, 15) is 9.18 Å². The minimum atomic E-state index is -0.728. The monoisotopic (exact) mass is 434 g/mol. The van der Waals surface area contributed by atoms with Crippen LogP contribution in [0.2, 0.25) is 5.15 Å². The van der Waals surface area contributed by atoms with E-state index >= 15 is 0 Å². The highest BCUT2D eigenvalue weighted by Crippen LogP contribution is 2.30. The lowest BCUT2D eigenvalue weighted by Crippen LogP contribution is -2.39. The number of nitrogens with zero attached hydrogens (tertiary/aromatic N) is 4. The number of aromatic nitrogens is 3. The Hall–Kier alpha value is -2.58. The van der Waals surface area contributed by atoms with E-state index in [-0.39, 0.29) is 16.9 Å². The topological polar surface area (TPSA) is 68.2 Å². The van der Waals surface area contributed by atoms with Crippen molar-refractivity contribution in [3.05, 3.63) is 58.4 Å². The normalized spacial score (nSPS) is 12.5. The molecule has 0 aliphatic heterocycles. The Balaban J connectivity index is 2.07. The van der Waals surface area contributed by atoms with Crippen LogP contribution >= 0.6 is 22.9 Å². The van der Waals surface area contributed by atoms with Gasteiger partial charge >= 0.3 is 6.09 Å². The molecule has 0 aliphatic carbocycles. The van der Waals surface area contributed by atoms with Gasteiger partial charge < -0.3 is 4.74 Å². The summed E-state index contributed by atoms with van der Waals surface area (Å²) in [7, 11) is 0. The van der Waals surface area contributed by atoms with Crippen molar-refractivity contribution in [2.75, 3.05) is 4.90 Å². The first kappa shape index (κ1) is 21.1. The first-order valence-corrected chi connectivity index (χ1v) is 10.1. The van der Waals surface area contributed by atoms with Crippen LogP contribution in [0.3, 0.4) is 0 Å². The van der Waals surface area contributed by atoms with E-state index in [2.05, 4.69) is 15.0 Å². The lowest BCUT2D eigenvalue weighted by molar-refractivity contribution is 0.0565. The second kappa shape index (κ2) is 8.42. The van der Waals surface area contributed by atoms with Gasteiger partial charge in [-0.15, -0.1) is 11.3 Å². The van der Waals surface area contributed by atoms with Crippen molar-refractivity contribution >= 4 is 35.0 Å². The Morgan fingerprint density at radius 1 is 1.24 bits per heavy atom. The number of amides is 1. The molecule has 0 spiro atoms. The highest BCUT2D eigenvalue weighted by molar-refractivity contribution is 7.13. The number of hydrogen-bond donors (Lipinski definition) is 0. The summed E-state index contributed by atoms with van der Waals surface area (Å²) in [5.74, 6) is -0.288. The molecule has 0 N–H and O–H groups in total. The number of benzene rings is 1. The maximum Gasteiger partial charge on any atom is 0.417 e. The quantitative estimate of drug-likeness (QED) is 0.478. The Morgan fingerprint density at radius 3 is 2.52 bits per heavy atom. The van der Waals surface area contributed by atoms with Crippen LogP contribution in [0, 0.1) is 5.82 Å². The maximum absolute atomic E-state index is 13.4. The average Bonchev–Trinajstić information content (AvgIpc) is 3.15. The highest BCUT2D eigenvalue weighted by atomic mass is 35.5. The maximum atomic E-state index is 13.4. The lowest BCUT2D eigenvalue weighted by atomic mass is 10.1. The average molecular weight is 435 g/mol. The smallest absolute Gasteiger partial charge is 0.417 e. The third-order valence-corrected chi connectivity index (χ3v) is 4.87. The van der Waals surface area contributed by atoms with Crippen molar-refractivity contribution in [3.63, 3.8) is 0 Å². The summed E-state index contributed by atoms with van der Waals surface area (Å²) in [6, 6.07) is 6.92. The molecule has 0 saturated carbocycles. The molecule has 0 radical (unpaired) electrons. The van der Waals surface area contributed by atoms with Gasteiger partial charge in [0.25, 0.3) is 0 Å². The van der Waals surface area contributed by atoms with Crippen LogP contribution in [0.1, 0.15) is 39.3 Å². The zero-order valence-electron chi connectivity index (χ0n) is 16.4. The van der Waals surface area contributed by atoms with E-state index in [1.165, 1.54) is 28.4 Å². The van der Waals surface area contributed by atoms with Crippen molar-refractivity contribution in [3.8, 4) is 10.7 Å². The lowest BCUT2D eigenvalue weighted by Gasteiger charge is -2.30. The number of rotatable bonds is 4. The van der Waals surface area contributed by atoms with E-state index in [1.807, 2.05) is 5.38 Å². The number of carbonyl (C=O) groups excluding carboxylic acids is 1. The van der Waals surface area contributed by atoms with E-state index in [1.54, 1.807) is 52.1 Å². The summed E-state index contributed by atoms with van der Waals surface area (Å²) in [6.07, 6.45) is 1.02. The summed E-state index contributed by atoms with van der Waals surface area (Å²) < 4.78 is 18.9. The van der Waals surface area contributed by atoms with Crippen LogP contribution < -0.4 is 4.90 Å². The first-order chi connectivity index (χ1) is 13.6. The van der Waals surface area contributed by atoms with Gasteiger partial charge in [0, 0.05) is 17.6 Å². The zero-order valence-corrected chi connectivity index (χ0v) is 18.0. The summed E-state index contributed by atoms with van der Waals surface area (Å²) in [4.78, 5) is 27.3. The van der Waals surface area contributed by atoms with Gasteiger partial charge in [0.1, 0.15) is 27.3 Å². The van der Waals surface area contributed by atoms with Crippen molar-refractivity contribution in [2.24, 2.45) is 0 Å². The summed E-state index contributed by atoms with van der Waals surface area (Å²) in [6.45, 7) is 7.09. The molecule has 3 aromatic rings. The number of anilines is 1. The number of thiazole rings is 1. The molecule has 0 fully saturated rings. The SMILES string of the molecule is CC(c1ccc(F)cc1)N(C(=O)OC(C)(C)C)c1nc(Cl)cc(-c2nccs2)n1. The molecule has 3 rings (SSSR count). The van der Waals surface area contributed by atoms with Gasteiger partial charge in [-0.25, -0.2) is 29.0 Å². The van der Waals surface area contributed by atoms with Crippen LogP contribution in [0.4, 0.5) is 15.1 Å². The van der Waals surface area contributed by atoms with Crippen molar-refractivity contribution in [1.29, 1.82) is 0 Å². The number of hydrogen-bond acceptors (Lipinski definition) is 6. The molecule has 0 aliphatic rings. The second-order valence-electron chi connectivity index (χ2n) is 7.29. The Kier molecular flexibility index (Phi) is 6.14. The fraction of sp³-hybridized carbons (Fsp3) is 0.300. The predicted molar refractivity (Wildman–Crippen MR) is 112 cm³/mol. The van der Waals surface area contributed by atoms with Crippen molar-refractivity contribution in [2.45, 2.75) is 39.3 Å². The molecule has 152 valence electrons. The van der Waals surface area contributed by atoms with E-state index in [4.69, 9.17) is 16.3 Å². The van der Waals surface area contributed by atoms with Crippen LogP contribution in [0.15, 0.2) is 41.9 Å². The van der Waals surface area contributed by atoms with Gasteiger partial charge in [0.15, 0.2) is 0 Å². The number of carbonyl (C=O) groups is 1. The molecule has 1 unspecified atom stereocenters. The fourth-order valence-electron chi connectivity index (χ4n) is 2.59. The van der Waals surface area contributed by atoms with Crippen LogP contribution in [0.25, 0.3) is 10.7 Å². The molecule has 0 saturated heterocycles. The van der Waals surface area contributed by atoms with E-state index < -0.39 is 17.7 Å². The largest absolute Gasteiger partial charge is 0.443 e. The van der Waals surface area contributed by atoms with E-state index in [0.29, 0.717) is 16.3 Å². The Morgan fingerprint density at radius 2 is 1.93 bits per heavy atom. The van der Waals surface area contributed by atoms with Crippen molar-refractivity contribution in [1.82, 2.24) is 15.0 Å². The van der Waals surface area contributed by atoms with Crippen LogP contribution in [0.5, 0.6) is 0 Å². The second-order valence-corrected chi connectivity index (χ2v) is 8.57. The van der Waals surface area contributed by atoms with Gasteiger partial charge in [-0.05, 0) is 45.4 Å². The molecule has 9 heteroatoms. The van der Waals surface area contributed by atoms with Gasteiger partial charge in [-0.1, -0.05) is 23.7 Å². The molecule has 1 amide bonds. The highest BCUT2D eigenvalue weighted by Gasteiger charge is 2.31. The molecule has 6 nitrogen and oxygen atoms in total. The van der Waals surface area contributed by atoms with Gasteiger partial charge in [0.2, 0.25) is 5.95 Å². The Labute approximate surface area is 177 Å². The number of halogens is 2. The summed E-state index contributed by atoms with van der Waals surface area (Å²) in [5, 5.41) is 2.63. The van der Waals surface area contributed by atoms with Crippen LogP contribution in [-0.2, 0) is 4.74 Å². The first-order valence-electron chi connectivity index (χ1n) is 8.86. The fourth-order valence-corrected chi connectivity index (χ4v) is 3.36. The van der Waals surface area contributed by atoms with Gasteiger partial charge in [-0.2, -0.15) is 0 Å². The molecule has 29 heavy (non-hydrogen) atoms. The standard InChI is InChI=1S/C20H20ClFN4O2S/c1-12(13-5-7-14(22)8-6-13)26(19(27)28-20(2,3)4)18-24-15(11-16(21)25-18)17-23-9-10-29-17/h5-12H,1-4H3. The van der Waals surface area contributed by atoms with Gasteiger partial charge in [0.05, 0.1) is 6.04 Å². The molecule has 0 bridgehead atoms. The Bertz CT molecular complexity index is 991. The van der Waals surface area contributed by atoms with Gasteiger partial charge in [-0.3, -0.25) is 0 Å². The number of ether oxygens (including phenoxy) is 1. The molecular weight excluding hydrogens is 415 g/mol. The molecule has 1 atom stereocenters.